The number of hydrogen-bond donors (Lipinski definition) is 0. The molecule has 0 atom stereocenters. The Hall–Kier alpha value is -1.84. The molecule has 2 aromatic rings. The van der Waals surface area contributed by atoms with Gasteiger partial charge in [-0.2, -0.15) is 0 Å². The van der Waals surface area contributed by atoms with Crippen LogP contribution in [0.3, 0.4) is 0 Å². The number of benzene rings is 2. The lowest BCUT2D eigenvalue weighted by Gasteiger charge is -2.29. The molecule has 1 saturated carbocycles. The van der Waals surface area contributed by atoms with Crippen LogP contribution in [0, 0.1) is 29.2 Å². The van der Waals surface area contributed by atoms with Gasteiger partial charge in [-0.15, -0.1) is 0 Å². The fraction of sp³-hybridized carbons (Fsp3) is 0.571. The maximum Gasteiger partial charge on any atom is 0.162 e. The smallest absolute Gasteiger partial charge is 0.162 e. The van der Waals surface area contributed by atoms with Crippen molar-refractivity contribution in [2.45, 2.75) is 96.8 Å². The molecule has 32 heavy (non-hydrogen) atoms. The molecule has 0 saturated heterocycles. The Bertz CT molecular complexity index is 881. The van der Waals surface area contributed by atoms with Gasteiger partial charge in [0.1, 0.15) is 0 Å². The molecule has 0 radical (unpaired) electrons. The highest BCUT2D eigenvalue weighted by Crippen LogP contribution is 2.39. The molecule has 0 spiro atoms. The molecule has 0 nitrogen and oxygen atoms in total. The van der Waals surface area contributed by atoms with Crippen LogP contribution < -0.4 is 0 Å². The van der Waals surface area contributed by atoms with Crippen molar-refractivity contribution in [2.24, 2.45) is 5.92 Å². The normalized spacial score (nSPS) is 18.8. The van der Waals surface area contributed by atoms with Gasteiger partial charge in [-0.1, -0.05) is 58.1 Å². The van der Waals surface area contributed by atoms with Crippen LogP contribution >= 0.6 is 0 Å². The van der Waals surface area contributed by atoms with E-state index >= 15 is 0 Å². The largest absolute Gasteiger partial charge is 0.204 e. The molecule has 0 aromatic heterocycles. The van der Waals surface area contributed by atoms with E-state index in [4.69, 9.17) is 0 Å². The average molecular weight is 449 g/mol. The van der Waals surface area contributed by atoms with E-state index in [2.05, 4.69) is 6.92 Å². The molecule has 1 aliphatic carbocycles. The summed E-state index contributed by atoms with van der Waals surface area (Å²) in [6.07, 6.45) is 11.2. The van der Waals surface area contributed by atoms with Crippen LogP contribution in [0.5, 0.6) is 0 Å². The van der Waals surface area contributed by atoms with Crippen molar-refractivity contribution in [3.05, 3.63) is 69.8 Å². The molecule has 0 bridgehead atoms. The topological polar surface area (TPSA) is 0 Å². The molecule has 2 aromatic carbocycles. The average Bonchev–Trinajstić information content (AvgIpc) is 2.78. The lowest BCUT2D eigenvalue weighted by atomic mass is 9.76. The highest BCUT2D eigenvalue weighted by Gasteiger charge is 2.26. The third-order valence-corrected chi connectivity index (χ3v) is 6.99. The van der Waals surface area contributed by atoms with E-state index in [1.165, 1.54) is 37.8 Å². The molecular weight excluding hydrogens is 412 g/mol. The van der Waals surface area contributed by atoms with Crippen LogP contribution in [0.4, 0.5) is 17.6 Å². The predicted molar refractivity (Wildman–Crippen MR) is 123 cm³/mol. The second kappa shape index (κ2) is 11.9. The molecule has 0 N–H and O–H groups in total. The van der Waals surface area contributed by atoms with Crippen molar-refractivity contribution in [1.82, 2.24) is 0 Å². The van der Waals surface area contributed by atoms with Gasteiger partial charge in [-0.3, -0.25) is 0 Å². The van der Waals surface area contributed by atoms with Crippen molar-refractivity contribution >= 4 is 0 Å². The summed E-state index contributed by atoms with van der Waals surface area (Å²) < 4.78 is 57.4. The van der Waals surface area contributed by atoms with Gasteiger partial charge in [-0.05, 0) is 91.2 Å². The Balaban J connectivity index is 1.74. The van der Waals surface area contributed by atoms with Gasteiger partial charge in [0.25, 0.3) is 0 Å². The second-order valence-corrected chi connectivity index (χ2v) is 9.53. The first-order chi connectivity index (χ1) is 15.4. The van der Waals surface area contributed by atoms with E-state index < -0.39 is 23.3 Å². The van der Waals surface area contributed by atoms with Gasteiger partial charge < -0.3 is 0 Å². The summed E-state index contributed by atoms with van der Waals surface area (Å²) in [5.74, 6) is -2.57. The molecule has 0 amide bonds. The lowest BCUT2D eigenvalue weighted by molar-refractivity contribution is 0.297. The van der Waals surface area contributed by atoms with Gasteiger partial charge in [0, 0.05) is 0 Å². The van der Waals surface area contributed by atoms with E-state index in [9.17, 15) is 17.6 Å². The van der Waals surface area contributed by atoms with Crippen molar-refractivity contribution in [3.63, 3.8) is 0 Å². The van der Waals surface area contributed by atoms with Crippen molar-refractivity contribution in [3.8, 4) is 0 Å². The third-order valence-electron chi connectivity index (χ3n) is 6.99. The number of rotatable bonds is 10. The van der Waals surface area contributed by atoms with Crippen molar-refractivity contribution in [2.75, 3.05) is 0 Å². The van der Waals surface area contributed by atoms with Gasteiger partial charge in [0.15, 0.2) is 23.3 Å². The van der Waals surface area contributed by atoms with Crippen LogP contribution in [-0.4, -0.2) is 0 Å². The van der Waals surface area contributed by atoms with Gasteiger partial charge >= 0.3 is 0 Å². The first kappa shape index (κ1) is 24.8. The van der Waals surface area contributed by atoms with Crippen molar-refractivity contribution < 1.29 is 17.6 Å². The summed E-state index contributed by atoms with van der Waals surface area (Å²) in [4.78, 5) is 0. The zero-order valence-corrected chi connectivity index (χ0v) is 19.5. The molecule has 3 rings (SSSR count). The predicted octanol–water partition coefficient (Wildman–Crippen LogP) is 9.03. The van der Waals surface area contributed by atoms with Gasteiger partial charge in [0.05, 0.1) is 0 Å². The first-order valence-corrected chi connectivity index (χ1v) is 12.4. The molecular formula is C28H36F4. The number of halogens is 4. The summed E-state index contributed by atoms with van der Waals surface area (Å²) in [6, 6.07) is 5.78. The Labute approximate surface area is 190 Å². The maximum absolute atomic E-state index is 14.7. The zero-order chi connectivity index (χ0) is 23.1. The molecule has 0 aliphatic heterocycles. The fourth-order valence-electron chi connectivity index (χ4n) is 5.11. The highest BCUT2D eigenvalue weighted by atomic mass is 19.2. The second-order valence-electron chi connectivity index (χ2n) is 9.53. The van der Waals surface area contributed by atoms with E-state index in [-0.39, 0.29) is 12.3 Å². The van der Waals surface area contributed by atoms with E-state index in [0.29, 0.717) is 34.6 Å². The molecule has 0 heterocycles. The van der Waals surface area contributed by atoms with Crippen LogP contribution in [0.25, 0.3) is 0 Å². The zero-order valence-electron chi connectivity index (χ0n) is 19.5. The summed E-state index contributed by atoms with van der Waals surface area (Å²) in [5.41, 5.74) is 2.00. The monoisotopic (exact) mass is 448 g/mol. The minimum absolute atomic E-state index is 0.0249. The van der Waals surface area contributed by atoms with Crippen molar-refractivity contribution in [1.29, 1.82) is 0 Å². The minimum atomic E-state index is -0.877. The Morgan fingerprint density at radius 1 is 0.719 bits per heavy atom. The quantitative estimate of drug-likeness (QED) is 0.251. The number of aryl methyl sites for hydroxylation is 1. The minimum Gasteiger partial charge on any atom is -0.204 e. The van der Waals surface area contributed by atoms with E-state index in [1.807, 2.05) is 6.92 Å². The Morgan fingerprint density at radius 3 is 2.00 bits per heavy atom. The standard InChI is InChI=1S/C28H36F4/c1-3-5-7-8-19-10-12-22(13-11-19)24-16-21(18-26(30)28(24)32)14-20-15-23(9-6-4-2)27(31)25(29)17-20/h15-19,22H,3-14H2,1-2H3. The van der Waals surface area contributed by atoms with Crippen LogP contribution in [-0.2, 0) is 12.8 Å². The van der Waals surface area contributed by atoms with Gasteiger partial charge in [-0.25, -0.2) is 17.6 Å². The molecule has 176 valence electrons. The molecule has 0 unspecified atom stereocenters. The summed E-state index contributed by atoms with van der Waals surface area (Å²) in [7, 11) is 0. The third kappa shape index (κ3) is 6.36. The molecule has 4 heteroatoms. The van der Waals surface area contributed by atoms with Crippen LogP contribution in [0.15, 0.2) is 24.3 Å². The number of unbranched alkanes of at least 4 members (excludes halogenated alkanes) is 3. The summed E-state index contributed by atoms with van der Waals surface area (Å²) in [6.45, 7) is 4.20. The summed E-state index contributed by atoms with van der Waals surface area (Å²) >= 11 is 0. The van der Waals surface area contributed by atoms with Crippen LogP contribution in [0.2, 0.25) is 0 Å². The number of hydrogen-bond acceptors (Lipinski definition) is 0. The fourth-order valence-corrected chi connectivity index (χ4v) is 5.11. The lowest BCUT2D eigenvalue weighted by Crippen LogP contribution is -2.15. The maximum atomic E-state index is 14.7. The first-order valence-electron chi connectivity index (χ1n) is 12.4. The molecule has 1 aliphatic rings. The van der Waals surface area contributed by atoms with E-state index in [0.717, 1.165) is 38.5 Å². The van der Waals surface area contributed by atoms with Crippen LogP contribution in [0.1, 0.15) is 106 Å². The summed E-state index contributed by atoms with van der Waals surface area (Å²) in [5, 5.41) is 0. The highest BCUT2D eigenvalue weighted by molar-refractivity contribution is 5.35. The Morgan fingerprint density at radius 2 is 1.34 bits per heavy atom. The SMILES string of the molecule is CCCCCC1CCC(c2cc(Cc3cc(F)c(F)c(CCCC)c3)cc(F)c2F)CC1. The molecule has 1 fully saturated rings. The van der Waals surface area contributed by atoms with Gasteiger partial charge in [0.2, 0.25) is 0 Å². The van der Waals surface area contributed by atoms with E-state index in [1.54, 1.807) is 12.1 Å². The Kier molecular flexibility index (Phi) is 9.19.